The van der Waals surface area contributed by atoms with Crippen LogP contribution >= 0.6 is 0 Å². The Morgan fingerprint density at radius 2 is 2.00 bits per heavy atom. The summed E-state index contributed by atoms with van der Waals surface area (Å²) >= 11 is 0. The Hall–Kier alpha value is -1.35. The first-order chi connectivity index (χ1) is 9.13. The second-order valence-electron chi connectivity index (χ2n) is 5.85. The molecule has 2 rings (SSSR count). The third-order valence-corrected chi connectivity index (χ3v) is 3.46. The lowest BCUT2D eigenvalue weighted by molar-refractivity contribution is -0.121. The van der Waals surface area contributed by atoms with E-state index in [1.165, 1.54) is 5.56 Å². The number of hydrogen-bond acceptors (Lipinski definition) is 2. The SMILES string of the molecule is CC(C)Cc1ccc(CC(=O)NC2CCNC2)cc1. The summed E-state index contributed by atoms with van der Waals surface area (Å²) in [7, 11) is 0. The van der Waals surface area contributed by atoms with Gasteiger partial charge in [-0.05, 0) is 36.4 Å². The Kier molecular flexibility index (Phi) is 4.97. The summed E-state index contributed by atoms with van der Waals surface area (Å²) < 4.78 is 0. The highest BCUT2D eigenvalue weighted by Crippen LogP contribution is 2.10. The first kappa shape index (κ1) is 14.1. The first-order valence-electron chi connectivity index (χ1n) is 7.21. The maximum Gasteiger partial charge on any atom is 0.224 e. The monoisotopic (exact) mass is 260 g/mol. The zero-order valence-corrected chi connectivity index (χ0v) is 11.9. The molecule has 2 N–H and O–H groups in total. The van der Waals surface area contributed by atoms with Gasteiger partial charge in [0.05, 0.1) is 6.42 Å². The molecular formula is C16H24N2O. The van der Waals surface area contributed by atoms with Crippen molar-refractivity contribution in [3.63, 3.8) is 0 Å². The van der Waals surface area contributed by atoms with Crippen LogP contribution in [0.4, 0.5) is 0 Å². The van der Waals surface area contributed by atoms with Crippen LogP contribution < -0.4 is 10.6 Å². The first-order valence-corrected chi connectivity index (χ1v) is 7.21. The van der Waals surface area contributed by atoms with E-state index in [2.05, 4.69) is 48.7 Å². The summed E-state index contributed by atoms with van der Waals surface area (Å²) in [5.74, 6) is 0.800. The Morgan fingerprint density at radius 3 is 2.58 bits per heavy atom. The molecule has 0 bridgehead atoms. The zero-order chi connectivity index (χ0) is 13.7. The molecule has 0 aromatic heterocycles. The van der Waals surface area contributed by atoms with Crippen LogP contribution in [0.1, 0.15) is 31.4 Å². The van der Waals surface area contributed by atoms with Gasteiger partial charge in [-0.2, -0.15) is 0 Å². The summed E-state index contributed by atoms with van der Waals surface area (Å²) in [6.07, 6.45) is 2.62. The second-order valence-corrected chi connectivity index (χ2v) is 5.85. The predicted molar refractivity (Wildman–Crippen MR) is 78.1 cm³/mol. The maximum atomic E-state index is 11.9. The number of nitrogens with one attached hydrogen (secondary N) is 2. The highest BCUT2D eigenvalue weighted by atomic mass is 16.1. The Balaban J connectivity index is 1.82. The molecule has 1 unspecified atom stereocenters. The predicted octanol–water partition coefficient (Wildman–Crippen LogP) is 1.91. The van der Waals surface area contributed by atoms with Gasteiger partial charge in [-0.25, -0.2) is 0 Å². The van der Waals surface area contributed by atoms with Crippen molar-refractivity contribution >= 4 is 5.91 Å². The minimum Gasteiger partial charge on any atom is -0.352 e. The molecule has 1 aromatic carbocycles. The van der Waals surface area contributed by atoms with Gasteiger partial charge >= 0.3 is 0 Å². The zero-order valence-electron chi connectivity index (χ0n) is 11.9. The van der Waals surface area contributed by atoms with Gasteiger partial charge in [0, 0.05) is 12.6 Å². The number of rotatable bonds is 5. The molecule has 0 spiro atoms. The topological polar surface area (TPSA) is 41.1 Å². The Bertz CT molecular complexity index is 405. The second kappa shape index (κ2) is 6.71. The van der Waals surface area contributed by atoms with E-state index in [1.54, 1.807) is 0 Å². The Morgan fingerprint density at radius 1 is 1.32 bits per heavy atom. The van der Waals surface area contributed by atoms with E-state index in [9.17, 15) is 4.79 Å². The average molecular weight is 260 g/mol. The third kappa shape index (κ3) is 4.67. The van der Waals surface area contributed by atoms with Gasteiger partial charge < -0.3 is 10.6 Å². The number of amides is 1. The molecule has 19 heavy (non-hydrogen) atoms. The minimum absolute atomic E-state index is 0.130. The fraction of sp³-hybridized carbons (Fsp3) is 0.562. The molecule has 0 aliphatic carbocycles. The quantitative estimate of drug-likeness (QED) is 0.849. The fourth-order valence-corrected chi connectivity index (χ4v) is 2.51. The van der Waals surface area contributed by atoms with E-state index in [4.69, 9.17) is 0 Å². The molecule has 104 valence electrons. The van der Waals surface area contributed by atoms with Gasteiger partial charge in [0.15, 0.2) is 0 Å². The van der Waals surface area contributed by atoms with Crippen LogP contribution in [0, 0.1) is 5.92 Å². The third-order valence-electron chi connectivity index (χ3n) is 3.46. The molecule has 3 heteroatoms. The van der Waals surface area contributed by atoms with Crippen molar-refractivity contribution < 1.29 is 4.79 Å². The standard InChI is InChI=1S/C16H24N2O/c1-12(2)9-13-3-5-14(6-4-13)10-16(19)18-15-7-8-17-11-15/h3-6,12,15,17H,7-11H2,1-2H3,(H,18,19). The van der Waals surface area contributed by atoms with Crippen molar-refractivity contribution in [2.45, 2.75) is 39.2 Å². The van der Waals surface area contributed by atoms with E-state index >= 15 is 0 Å². The van der Waals surface area contributed by atoms with Crippen molar-refractivity contribution in [2.24, 2.45) is 5.92 Å². The van der Waals surface area contributed by atoms with Crippen molar-refractivity contribution in [3.8, 4) is 0 Å². The number of carbonyl (C=O) groups is 1. The molecule has 1 heterocycles. The average Bonchev–Trinajstić information content (AvgIpc) is 2.83. The van der Waals surface area contributed by atoms with Crippen LogP contribution in [0.25, 0.3) is 0 Å². The van der Waals surface area contributed by atoms with Crippen molar-refractivity contribution in [1.29, 1.82) is 0 Å². The van der Waals surface area contributed by atoms with E-state index in [-0.39, 0.29) is 5.91 Å². The molecule has 1 atom stereocenters. The van der Waals surface area contributed by atoms with Crippen molar-refractivity contribution in [2.75, 3.05) is 13.1 Å². The van der Waals surface area contributed by atoms with Gasteiger partial charge in [0.2, 0.25) is 5.91 Å². The largest absolute Gasteiger partial charge is 0.352 e. The highest BCUT2D eigenvalue weighted by Gasteiger charge is 2.16. The summed E-state index contributed by atoms with van der Waals surface area (Å²) in [5, 5.41) is 6.33. The summed E-state index contributed by atoms with van der Waals surface area (Å²) in [6, 6.07) is 8.74. The van der Waals surface area contributed by atoms with Crippen LogP contribution in [-0.2, 0) is 17.6 Å². The molecule has 0 saturated carbocycles. The number of hydrogen-bond donors (Lipinski definition) is 2. The molecular weight excluding hydrogens is 236 g/mol. The van der Waals surface area contributed by atoms with Crippen molar-refractivity contribution in [3.05, 3.63) is 35.4 Å². The van der Waals surface area contributed by atoms with Gasteiger partial charge in [-0.3, -0.25) is 4.79 Å². The van der Waals surface area contributed by atoms with Gasteiger partial charge in [0.25, 0.3) is 0 Å². The van der Waals surface area contributed by atoms with Crippen LogP contribution in [0.15, 0.2) is 24.3 Å². The molecule has 0 radical (unpaired) electrons. The van der Waals surface area contributed by atoms with Crippen LogP contribution in [-0.4, -0.2) is 25.0 Å². The van der Waals surface area contributed by atoms with Crippen molar-refractivity contribution in [1.82, 2.24) is 10.6 Å². The normalized spacial score (nSPS) is 18.8. The lowest BCUT2D eigenvalue weighted by atomic mass is 10.0. The molecule has 1 aliphatic heterocycles. The van der Waals surface area contributed by atoms with Gasteiger partial charge in [-0.1, -0.05) is 38.1 Å². The minimum atomic E-state index is 0.130. The van der Waals surface area contributed by atoms with E-state index in [1.807, 2.05) is 0 Å². The molecule has 3 nitrogen and oxygen atoms in total. The molecule has 1 fully saturated rings. The lowest BCUT2D eigenvalue weighted by Gasteiger charge is -2.11. The van der Waals surface area contributed by atoms with Crippen LogP contribution in [0.5, 0.6) is 0 Å². The summed E-state index contributed by atoms with van der Waals surface area (Å²) in [4.78, 5) is 11.9. The summed E-state index contributed by atoms with van der Waals surface area (Å²) in [6.45, 7) is 6.35. The highest BCUT2D eigenvalue weighted by molar-refractivity contribution is 5.78. The Labute approximate surface area is 115 Å². The van der Waals surface area contributed by atoms with Gasteiger partial charge in [0.1, 0.15) is 0 Å². The summed E-state index contributed by atoms with van der Waals surface area (Å²) in [5.41, 5.74) is 2.44. The van der Waals surface area contributed by atoms with Crippen LogP contribution in [0.3, 0.4) is 0 Å². The van der Waals surface area contributed by atoms with E-state index < -0.39 is 0 Å². The van der Waals surface area contributed by atoms with E-state index in [0.29, 0.717) is 18.4 Å². The number of benzene rings is 1. The fourth-order valence-electron chi connectivity index (χ4n) is 2.51. The van der Waals surface area contributed by atoms with Gasteiger partial charge in [-0.15, -0.1) is 0 Å². The maximum absolute atomic E-state index is 11.9. The molecule has 1 saturated heterocycles. The molecule has 1 aromatic rings. The number of carbonyl (C=O) groups excluding carboxylic acids is 1. The molecule has 1 aliphatic rings. The van der Waals surface area contributed by atoms with E-state index in [0.717, 1.165) is 31.5 Å². The molecule has 1 amide bonds. The smallest absolute Gasteiger partial charge is 0.224 e. The lowest BCUT2D eigenvalue weighted by Crippen LogP contribution is -2.37. The van der Waals surface area contributed by atoms with Crippen LogP contribution in [0.2, 0.25) is 0 Å².